The van der Waals surface area contributed by atoms with Gasteiger partial charge in [-0.15, -0.1) is 0 Å². The summed E-state index contributed by atoms with van der Waals surface area (Å²) in [6, 6.07) is 27.3. The number of nitro groups is 1. The first-order valence-electron chi connectivity index (χ1n) is 10.5. The Bertz CT molecular complexity index is 1380. The van der Waals surface area contributed by atoms with Crippen molar-refractivity contribution >= 4 is 29.0 Å². The van der Waals surface area contributed by atoms with E-state index in [1.807, 2.05) is 0 Å². The van der Waals surface area contributed by atoms with Crippen LogP contribution in [0.25, 0.3) is 0 Å². The van der Waals surface area contributed by atoms with Gasteiger partial charge < -0.3 is 9.47 Å². The van der Waals surface area contributed by atoms with Crippen molar-refractivity contribution < 1.29 is 24.0 Å². The molecule has 4 aromatic rings. The highest BCUT2D eigenvalue weighted by atomic mass is 35.5. The highest BCUT2D eigenvalue weighted by Gasteiger charge is 2.27. The van der Waals surface area contributed by atoms with Gasteiger partial charge in [-0.1, -0.05) is 84.4 Å². The number of halogens is 1. The zero-order valence-corrected chi connectivity index (χ0v) is 18.9. The summed E-state index contributed by atoms with van der Waals surface area (Å²) in [5, 5.41) is 11.4. The first-order valence-corrected chi connectivity index (χ1v) is 10.9. The minimum atomic E-state index is -1.17. The van der Waals surface area contributed by atoms with Crippen LogP contribution in [0.15, 0.2) is 103 Å². The standard InChI is InChI=1S/C27H18ClNO6/c28-22-15-8-16-23(29(32)33)26(22)34-21-14-7-13-20(17-21)27(31)35-25(19-11-5-2-6-12-19)24(30)18-9-3-1-4-10-18/h1-17,25H/t25-/m1/s1. The molecule has 0 fully saturated rings. The maximum Gasteiger partial charge on any atom is 0.339 e. The first-order chi connectivity index (χ1) is 16.9. The Morgan fingerprint density at radius 1 is 0.800 bits per heavy atom. The zero-order chi connectivity index (χ0) is 24.8. The minimum absolute atomic E-state index is 0.0461. The topological polar surface area (TPSA) is 95.7 Å². The van der Waals surface area contributed by atoms with Crippen molar-refractivity contribution in [2.24, 2.45) is 0 Å². The van der Waals surface area contributed by atoms with Crippen molar-refractivity contribution in [1.82, 2.24) is 0 Å². The van der Waals surface area contributed by atoms with Gasteiger partial charge in [0.2, 0.25) is 11.5 Å². The molecule has 0 heterocycles. The number of hydrogen-bond donors (Lipinski definition) is 0. The first kappa shape index (κ1) is 23.7. The number of Topliss-reactive ketones (excluding diaryl/α,β-unsaturated/α-hetero) is 1. The lowest BCUT2D eigenvalue weighted by Gasteiger charge is -2.18. The van der Waals surface area contributed by atoms with E-state index in [1.165, 1.54) is 42.5 Å². The second-order valence-electron chi connectivity index (χ2n) is 7.40. The summed E-state index contributed by atoms with van der Waals surface area (Å²) in [5.41, 5.74) is 0.702. The molecule has 0 saturated heterocycles. The van der Waals surface area contributed by atoms with E-state index in [4.69, 9.17) is 21.1 Å². The molecule has 0 bridgehead atoms. The fraction of sp³-hybridized carbons (Fsp3) is 0.0370. The third kappa shape index (κ3) is 5.54. The Morgan fingerprint density at radius 3 is 2.11 bits per heavy atom. The van der Waals surface area contributed by atoms with Crippen LogP contribution >= 0.6 is 11.6 Å². The van der Waals surface area contributed by atoms with Crippen LogP contribution in [0.4, 0.5) is 5.69 Å². The third-order valence-electron chi connectivity index (χ3n) is 5.06. The van der Waals surface area contributed by atoms with E-state index in [0.717, 1.165) is 0 Å². The van der Waals surface area contributed by atoms with Crippen LogP contribution in [0.5, 0.6) is 11.5 Å². The van der Waals surface area contributed by atoms with E-state index in [1.54, 1.807) is 60.7 Å². The van der Waals surface area contributed by atoms with Crippen molar-refractivity contribution in [3.63, 3.8) is 0 Å². The van der Waals surface area contributed by atoms with Gasteiger partial charge in [-0.2, -0.15) is 0 Å². The lowest BCUT2D eigenvalue weighted by molar-refractivity contribution is -0.385. The van der Waals surface area contributed by atoms with Gasteiger partial charge in [0.15, 0.2) is 6.10 Å². The van der Waals surface area contributed by atoms with Crippen molar-refractivity contribution in [3.05, 3.63) is 135 Å². The molecule has 174 valence electrons. The molecule has 0 aromatic heterocycles. The Kier molecular flexibility index (Phi) is 7.18. The van der Waals surface area contributed by atoms with Gasteiger partial charge in [-0.3, -0.25) is 14.9 Å². The van der Waals surface area contributed by atoms with E-state index >= 15 is 0 Å². The number of nitro benzene ring substituents is 1. The van der Waals surface area contributed by atoms with Crippen LogP contribution in [-0.2, 0) is 4.74 Å². The second-order valence-corrected chi connectivity index (χ2v) is 7.81. The normalized spacial score (nSPS) is 11.3. The maximum atomic E-state index is 13.2. The van der Waals surface area contributed by atoms with E-state index in [2.05, 4.69) is 0 Å². The zero-order valence-electron chi connectivity index (χ0n) is 18.2. The number of ether oxygens (including phenoxy) is 2. The van der Waals surface area contributed by atoms with Crippen molar-refractivity contribution in [1.29, 1.82) is 0 Å². The molecule has 4 rings (SSSR count). The molecule has 7 nitrogen and oxygen atoms in total. The Labute approximate surface area is 205 Å². The summed E-state index contributed by atoms with van der Waals surface area (Å²) in [6.45, 7) is 0. The van der Waals surface area contributed by atoms with Gasteiger partial charge >= 0.3 is 11.7 Å². The fourth-order valence-electron chi connectivity index (χ4n) is 3.38. The lowest BCUT2D eigenvalue weighted by atomic mass is 10.00. The molecule has 0 aliphatic heterocycles. The van der Waals surface area contributed by atoms with Crippen molar-refractivity contribution in [3.8, 4) is 11.5 Å². The summed E-state index contributed by atoms with van der Waals surface area (Å²) < 4.78 is 11.3. The number of carbonyl (C=O) groups excluding carboxylic acids is 2. The molecule has 35 heavy (non-hydrogen) atoms. The average molecular weight is 488 g/mol. The smallest absolute Gasteiger partial charge is 0.339 e. The Morgan fingerprint density at radius 2 is 1.43 bits per heavy atom. The van der Waals surface area contributed by atoms with Crippen LogP contribution in [0, 0.1) is 10.1 Å². The maximum absolute atomic E-state index is 13.2. The minimum Gasteiger partial charge on any atom is -0.449 e. The summed E-state index contributed by atoms with van der Waals surface area (Å²) in [7, 11) is 0. The molecule has 4 aromatic carbocycles. The molecule has 8 heteroatoms. The molecule has 0 radical (unpaired) electrons. The quantitative estimate of drug-likeness (QED) is 0.117. The van der Waals surface area contributed by atoms with Crippen LogP contribution in [0.2, 0.25) is 5.02 Å². The molecule has 0 spiro atoms. The molecule has 0 saturated carbocycles. The number of ketones is 1. The lowest BCUT2D eigenvalue weighted by Crippen LogP contribution is -2.20. The number of carbonyl (C=O) groups is 2. The predicted molar refractivity (Wildman–Crippen MR) is 130 cm³/mol. The highest BCUT2D eigenvalue weighted by molar-refractivity contribution is 6.32. The van der Waals surface area contributed by atoms with Gasteiger partial charge in [0.05, 0.1) is 15.5 Å². The van der Waals surface area contributed by atoms with Crippen molar-refractivity contribution in [2.75, 3.05) is 0 Å². The van der Waals surface area contributed by atoms with Crippen LogP contribution < -0.4 is 4.74 Å². The van der Waals surface area contributed by atoms with Gasteiger partial charge in [-0.05, 0) is 24.3 Å². The monoisotopic (exact) mass is 487 g/mol. The number of esters is 1. The Balaban J connectivity index is 1.61. The average Bonchev–Trinajstić information content (AvgIpc) is 2.89. The van der Waals surface area contributed by atoms with Crippen LogP contribution in [-0.4, -0.2) is 16.7 Å². The summed E-state index contributed by atoms with van der Waals surface area (Å²) in [5.74, 6) is -1.14. The highest BCUT2D eigenvalue weighted by Crippen LogP contribution is 2.38. The SMILES string of the molecule is O=C(O[C@@H](C(=O)c1ccccc1)c1ccccc1)c1cccc(Oc2c(Cl)cccc2[N+](=O)[O-])c1. The largest absolute Gasteiger partial charge is 0.449 e. The summed E-state index contributed by atoms with van der Waals surface area (Å²) in [6.07, 6.45) is -1.17. The molecule has 0 aliphatic rings. The van der Waals surface area contributed by atoms with Gasteiger partial charge in [0, 0.05) is 17.2 Å². The van der Waals surface area contributed by atoms with Gasteiger partial charge in [0.1, 0.15) is 5.75 Å². The van der Waals surface area contributed by atoms with Crippen LogP contribution in [0.3, 0.4) is 0 Å². The van der Waals surface area contributed by atoms with Crippen molar-refractivity contribution in [2.45, 2.75) is 6.10 Å². The van der Waals surface area contributed by atoms with E-state index in [-0.39, 0.29) is 33.6 Å². The molecular weight excluding hydrogens is 470 g/mol. The van der Waals surface area contributed by atoms with Crippen LogP contribution in [0.1, 0.15) is 32.4 Å². The molecule has 0 amide bonds. The number of hydrogen-bond acceptors (Lipinski definition) is 6. The molecule has 1 atom stereocenters. The number of rotatable bonds is 8. The third-order valence-corrected chi connectivity index (χ3v) is 5.35. The summed E-state index contributed by atoms with van der Waals surface area (Å²) >= 11 is 6.10. The van der Waals surface area contributed by atoms with Gasteiger partial charge in [0.25, 0.3) is 0 Å². The number of benzene rings is 4. The summed E-state index contributed by atoms with van der Waals surface area (Å²) in [4.78, 5) is 37.0. The van der Waals surface area contributed by atoms with E-state index < -0.39 is 17.0 Å². The molecular formula is C27H18ClNO6. The predicted octanol–water partition coefficient (Wildman–Crippen LogP) is 6.82. The van der Waals surface area contributed by atoms with E-state index in [9.17, 15) is 19.7 Å². The number of para-hydroxylation sites is 1. The van der Waals surface area contributed by atoms with E-state index in [0.29, 0.717) is 11.1 Å². The molecule has 0 N–H and O–H groups in total. The molecule has 0 aliphatic carbocycles. The number of nitrogens with zero attached hydrogens (tertiary/aromatic N) is 1. The van der Waals surface area contributed by atoms with Gasteiger partial charge in [-0.25, -0.2) is 4.79 Å². The fourth-order valence-corrected chi connectivity index (χ4v) is 3.58. The molecule has 0 unspecified atom stereocenters. The second kappa shape index (κ2) is 10.6. The Hall–Kier alpha value is -4.49.